The molecule has 0 saturated carbocycles. The van der Waals surface area contributed by atoms with E-state index in [9.17, 15) is 14.0 Å². The summed E-state index contributed by atoms with van der Waals surface area (Å²) in [5.74, 6) is -2.09. The number of amides is 1. The van der Waals surface area contributed by atoms with E-state index in [0.29, 0.717) is 10.2 Å². The molecule has 2 rings (SSSR count). The lowest BCUT2D eigenvalue weighted by molar-refractivity contribution is -0.123. The molecule has 1 amide bonds. The summed E-state index contributed by atoms with van der Waals surface area (Å²) in [4.78, 5) is 24.0. The van der Waals surface area contributed by atoms with Gasteiger partial charge in [0.15, 0.2) is 6.10 Å². The van der Waals surface area contributed by atoms with Crippen molar-refractivity contribution >= 4 is 33.5 Å². The third kappa shape index (κ3) is 4.63. The minimum Gasteiger partial charge on any atom is -0.449 e. The number of carbonyl (C=O) groups excluding carboxylic acids is 2. The Morgan fingerprint density at radius 3 is 2.48 bits per heavy atom. The Bertz CT molecular complexity index is 731. The van der Waals surface area contributed by atoms with Crippen molar-refractivity contribution in [1.29, 1.82) is 0 Å². The Morgan fingerprint density at radius 2 is 1.83 bits per heavy atom. The molecule has 120 valence electrons. The Hall–Kier alpha value is -2.21. The number of rotatable bonds is 4. The molecule has 0 saturated heterocycles. The van der Waals surface area contributed by atoms with Gasteiger partial charge in [0, 0.05) is 10.2 Å². The Labute approximate surface area is 141 Å². The van der Waals surface area contributed by atoms with E-state index in [4.69, 9.17) is 4.74 Å². The van der Waals surface area contributed by atoms with Crippen LogP contribution in [0.4, 0.5) is 10.1 Å². The Balaban J connectivity index is 2.01. The summed E-state index contributed by atoms with van der Waals surface area (Å²) in [6.07, 6.45) is -1.05. The lowest BCUT2D eigenvalue weighted by Gasteiger charge is -2.14. The van der Waals surface area contributed by atoms with Gasteiger partial charge in [-0.15, -0.1) is 0 Å². The predicted octanol–water partition coefficient (Wildman–Crippen LogP) is 4.08. The molecule has 2 aromatic carbocycles. The highest BCUT2D eigenvalue weighted by Crippen LogP contribution is 2.17. The van der Waals surface area contributed by atoms with Crippen molar-refractivity contribution in [2.45, 2.75) is 20.0 Å². The molecule has 0 aromatic heterocycles. The van der Waals surface area contributed by atoms with Crippen LogP contribution in [0.15, 0.2) is 46.9 Å². The van der Waals surface area contributed by atoms with Crippen molar-refractivity contribution in [3.8, 4) is 0 Å². The summed E-state index contributed by atoms with van der Waals surface area (Å²) in [5.41, 5.74) is 1.43. The van der Waals surface area contributed by atoms with Crippen LogP contribution in [0.1, 0.15) is 22.8 Å². The third-order valence-corrected chi connectivity index (χ3v) is 3.61. The van der Waals surface area contributed by atoms with E-state index in [1.165, 1.54) is 19.1 Å². The number of halogens is 2. The van der Waals surface area contributed by atoms with Gasteiger partial charge in [-0.2, -0.15) is 0 Å². The number of carbonyl (C=O) groups is 2. The van der Waals surface area contributed by atoms with Crippen LogP contribution in [0.25, 0.3) is 0 Å². The van der Waals surface area contributed by atoms with Crippen molar-refractivity contribution in [1.82, 2.24) is 0 Å². The predicted molar refractivity (Wildman–Crippen MR) is 88.8 cm³/mol. The first-order valence-corrected chi connectivity index (χ1v) is 7.69. The number of esters is 1. The minimum atomic E-state index is -1.05. The first-order chi connectivity index (χ1) is 10.9. The summed E-state index contributed by atoms with van der Waals surface area (Å²) >= 11 is 3.16. The zero-order valence-electron chi connectivity index (χ0n) is 12.6. The van der Waals surface area contributed by atoms with E-state index in [2.05, 4.69) is 21.2 Å². The molecule has 1 atom stereocenters. The minimum absolute atomic E-state index is 0.227. The van der Waals surface area contributed by atoms with E-state index in [1.54, 1.807) is 12.1 Å². The highest BCUT2D eigenvalue weighted by atomic mass is 79.9. The maximum absolute atomic E-state index is 13.6. The summed E-state index contributed by atoms with van der Waals surface area (Å²) in [5, 5.41) is 2.63. The largest absolute Gasteiger partial charge is 0.449 e. The molecular weight excluding hydrogens is 365 g/mol. The molecule has 0 heterocycles. The van der Waals surface area contributed by atoms with Gasteiger partial charge in [-0.3, -0.25) is 4.79 Å². The maximum Gasteiger partial charge on any atom is 0.341 e. The molecule has 2 aromatic rings. The molecular formula is C17H15BrFNO3. The second kappa shape index (κ2) is 7.37. The van der Waals surface area contributed by atoms with Crippen LogP contribution in [0.3, 0.4) is 0 Å². The van der Waals surface area contributed by atoms with Gasteiger partial charge in [0.2, 0.25) is 0 Å². The van der Waals surface area contributed by atoms with Gasteiger partial charge in [0.1, 0.15) is 5.82 Å². The SMILES string of the molecule is Cc1ccc(NC(=O)[C@H](C)OC(=O)c2cc(Br)ccc2F)cc1. The quantitative estimate of drug-likeness (QED) is 0.814. The molecule has 0 aliphatic rings. The van der Waals surface area contributed by atoms with Crippen molar-refractivity contribution in [2.24, 2.45) is 0 Å². The second-order valence-corrected chi connectivity index (χ2v) is 5.94. The van der Waals surface area contributed by atoms with E-state index < -0.39 is 23.8 Å². The van der Waals surface area contributed by atoms with Crippen LogP contribution in [0.5, 0.6) is 0 Å². The molecule has 0 bridgehead atoms. The molecule has 4 nitrogen and oxygen atoms in total. The van der Waals surface area contributed by atoms with Crippen LogP contribution < -0.4 is 5.32 Å². The number of hydrogen-bond acceptors (Lipinski definition) is 3. The Morgan fingerprint density at radius 1 is 1.17 bits per heavy atom. The zero-order valence-corrected chi connectivity index (χ0v) is 14.2. The van der Waals surface area contributed by atoms with Gasteiger partial charge < -0.3 is 10.1 Å². The smallest absolute Gasteiger partial charge is 0.341 e. The van der Waals surface area contributed by atoms with Gasteiger partial charge in [0.25, 0.3) is 5.91 Å². The highest BCUT2D eigenvalue weighted by molar-refractivity contribution is 9.10. The monoisotopic (exact) mass is 379 g/mol. The highest BCUT2D eigenvalue weighted by Gasteiger charge is 2.21. The first kappa shape index (κ1) is 17.1. The molecule has 0 unspecified atom stereocenters. The van der Waals surface area contributed by atoms with Crippen LogP contribution in [0.2, 0.25) is 0 Å². The van der Waals surface area contributed by atoms with Crippen molar-refractivity contribution in [3.63, 3.8) is 0 Å². The van der Waals surface area contributed by atoms with Gasteiger partial charge in [-0.05, 0) is 44.2 Å². The molecule has 6 heteroatoms. The van der Waals surface area contributed by atoms with Crippen LogP contribution in [0, 0.1) is 12.7 Å². The van der Waals surface area contributed by atoms with Crippen LogP contribution >= 0.6 is 15.9 Å². The molecule has 0 aliphatic carbocycles. The molecule has 23 heavy (non-hydrogen) atoms. The summed E-state index contributed by atoms with van der Waals surface area (Å²) in [7, 11) is 0. The van der Waals surface area contributed by atoms with Crippen LogP contribution in [-0.4, -0.2) is 18.0 Å². The van der Waals surface area contributed by atoms with E-state index in [0.717, 1.165) is 11.6 Å². The fourth-order valence-corrected chi connectivity index (χ4v) is 2.17. The number of hydrogen-bond donors (Lipinski definition) is 1. The fraction of sp³-hybridized carbons (Fsp3) is 0.176. The maximum atomic E-state index is 13.6. The number of aryl methyl sites for hydroxylation is 1. The lowest BCUT2D eigenvalue weighted by atomic mass is 10.2. The molecule has 0 spiro atoms. The van der Waals surface area contributed by atoms with Crippen molar-refractivity contribution < 1.29 is 18.7 Å². The third-order valence-electron chi connectivity index (χ3n) is 3.12. The van der Waals surface area contributed by atoms with Crippen molar-refractivity contribution in [3.05, 3.63) is 63.9 Å². The number of benzene rings is 2. The zero-order chi connectivity index (χ0) is 17.0. The van der Waals surface area contributed by atoms with Crippen molar-refractivity contribution in [2.75, 3.05) is 5.32 Å². The lowest BCUT2D eigenvalue weighted by Crippen LogP contribution is -2.30. The van der Waals surface area contributed by atoms with E-state index in [1.807, 2.05) is 19.1 Å². The summed E-state index contributed by atoms with van der Waals surface area (Å²) < 4.78 is 19.2. The summed E-state index contributed by atoms with van der Waals surface area (Å²) in [6.45, 7) is 3.36. The van der Waals surface area contributed by atoms with Gasteiger partial charge in [-0.1, -0.05) is 33.6 Å². The van der Waals surface area contributed by atoms with Gasteiger partial charge in [0.05, 0.1) is 5.56 Å². The molecule has 0 aliphatic heterocycles. The molecule has 0 fully saturated rings. The standard InChI is InChI=1S/C17H15BrFNO3/c1-10-3-6-13(7-4-10)20-16(21)11(2)23-17(22)14-9-12(18)5-8-15(14)19/h3-9,11H,1-2H3,(H,20,21)/t11-/m0/s1. The van der Waals surface area contributed by atoms with E-state index >= 15 is 0 Å². The topological polar surface area (TPSA) is 55.4 Å². The van der Waals surface area contributed by atoms with Crippen LogP contribution in [-0.2, 0) is 9.53 Å². The number of nitrogens with one attached hydrogen (secondary N) is 1. The second-order valence-electron chi connectivity index (χ2n) is 5.03. The number of ether oxygens (including phenoxy) is 1. The van der Waals surface area contributed by atoms with Gasteiger partial charge >= 0.3 is 5.97 Å². The average Bonchev–Trinajstić information content (AvgIpc) is 2.51. The number of anilines is 1. The molecule has 0 radical (unpaired) electrons. The normalized spacial score (nSPS) is 11.7. The fourth-order valence-electron chi connectivity index (χ4n) is 1.81. The van der Waals surface area contributed by atoms with E-state index in [-0.39, 0.29) is 5.56 Å². The Kier molecular flexibility index (Phi) is 5.50. The summed E-state index contributed by atoms with van der Waals surface area (Å²) in [6, 6.07) is 11.1. The van der Waals surface area contributed by atoms with Gasteiger partial charge in [-0.25, -0.2) is 9.18 Å². The average molecular weight is 380 g/mol. The molecule has 1 N–H and O–H groups in total. The first-order valence-electron chi connectivity index (χ1n) is 6.90.